The lowest BCUT2D eigenvalue weighted by molar-refractivity contribution is 0.133. The topological polar surface area (TPSA) is 75.6 Å². The molecule has 0 aliphatic heterocycles. The van der Waals surface area contributed by atoms with E-state index in [0.717, 1.165) is 0 Å². The van der Waals surface area contributed by atoms with E-state index in [0.29, 0.717) is 21.9 Å². The van der Waals surface area contributed by atoms with Crippen LogP contribution in [-0.4, -0.2) is 32.8 Å². The number of nitrogens with one attached hydrogen (secondary N) is 1. The van der Waals surface area contributed by atoms with Gasteiger partial charge in [0.15, 0.2) is 0 Å². The summed E-state index contributed by atoms with van der Waals surface area (Å²) in [5, 5.41) is 8.99. The molecule has 0 fully saturated rings. The van der Waals surface area contributed by atoms with E-state index in [-0.39, 0.29) is 17.5 Å². The second-order valence-electron chi connectivity index (χ2n) is 3.69. The van der Waals surface area contributed by atoms with Gasteiger partial charge in [-0.2, -0.15) is 0 Å². The molecule has 8 heteroatoms. The van der Waals surface area contributed by atoms with Gasteiger partial charge in [0.25, 0.3) is 0 Å². The number of halogens is 1. The van der Waals surface area contributed by atoms with E-state index in [9.17, 15) is 8.42 Å². The molecule has 0 aliphatic rings. The summed E-state index contributed by atoms with van der Waals surface area (Å²) in [6.07, 6.45) is 0. The van der Waals surface area contributed by atoms with Crippen LogP contribution < -0.4 is 4.72 Å². The molecule has 1 heterocycles. The van der Waals surface area contributed by atoms with Crippen molar-refractivity contribution >= 4 is 37.3 Å². The zero-order chi connectivity index (χ0) is 13.8. The number of hydrogen-bond acceptors (Lipinski definition) is 5. The average Bonchev–Trinajstić information content (AvgIpc) is 2.68. The minimum atomic E-state index is -3.59. The van der Waals surface area contributed by atoms with Crippen molar-refractivity contribution in [3.8, 4) is 0 Å². The lowest BCUT2D eigenvalue weighted by atomic mass is 10.4. The van der Waals surface area contributed by atoms with E-state index < -0.39 is 10.0 Å². The SMILES string of the molecule is CCOCC(C)NS(=O)(=O)c1cc(CO)sc1Br. The van der Waals surface area contributed by atoms with Crippen molar-refractivity contribution in [2.75, 3.05) is 13.2 Å². The molecule has 1 rings (SSSR count). The normalized spacial score (nSPS) is 13.8. The predicted molar refractivity (Wildman–Crippen MR) is 74.2 cm³/mol. The van der Waals surface area contributed by atoms with Gasteiger partial charge in [0.05, 0.1) is 17.0 Å². The molecule has 0 amide bonds. The van der Waals surface area contributed by atoms with E-state index in [4.69, 9.17) is 9.84 Å². The van der Waals surface area contributed by atoms with Crippen molar-refractivity contribution in [2.45, 2.75) is 31.4 Å². The van der Waals surface area contributed by atoms with Crippen molar-refractivity contribution in [3.05, 3.63) is 14.7 Å². The predicted octanol–water partition coefficient (Wildman–Crippen LogP) is 1.71. The molecular formula is C10H16BrNO4S2. The molecule has 0 radical (unpaired) electrons. The zero-order valence-corrected chi connectivity index (χ0v) is 13.4. The standard InChI is InChI=1S/C10H16BrNO4S2/c1-3-16-6-7(2)12-18(14,15)9-4-8(5-13)17-10(9)11/h4,7,12-13H,3,5-6H2,1-2H3. The molecular weight excluding hydrogens is 342 g/mol. The maximum atomic E-state index is 12.1. The third kappa shape index (κ3) is 4.29. The smallest absolute Gasteiger partial charge is 0.242 e. The summed E-state index contributed by atoms with van der Waals surface area (Å²) in [7, 11) is -3.59. The number of rotatable bonds is 7. The van der Waals surface area contributed by atoms with Gasteiger partial charge in [0.1, 0.15) is 4.90 Å². The van der Waals surface area contributed by atoms with Gasteiger partial charge in [-0.3, -0.25) is 0 Å². The Balaban J connectivity index is 2.82. The maximum absolute atomic E-state index is 12.1. The second kappa shape index (κ2) is 6.97. The lowest BCUT2D eigenvalue weighted by Gasteiger charge is -2.13. The first-order chi connectivity index (χ1) is 8.40. The summed E-state index contributed by atoms with van der Waals surface area (Å²) in [5.41, 5.74) is 0. The Bertz CT molecular complexity index is 486. The lowest BCUT2D eigenvalue weighted by Crippen LogP contribution is -2.35. The first kappa shape index (κ1) is 16.1. The monoisotopic (exact) mass is 357 g/mol. The summed E-state index contributed by atoms with van der Waals surface area (Å²) < 4.78 is 32.3. The van der Waals surface area contributed by atoms with Gasteiger partial charge < -0.3 is 9.84 Å². The van der Waals surface area contributed by atoms with Crippen LogP contribution >= 0.6 is 27.3 Å². The molecule has 0 saturated heterocycles. The van der Waals surface area contributed by atoms with Crippen molar-refractivity contribution in [1.29, 1.82) is 0 Å². The van der Waals surface area contributed by atoms with Crippen LogP contribution in [0, 0.1) is 0 Å². The fraction of sp³-hybridized carbons (Fsp3) is 0.600. The van der Waals surface area contributed by atoms with Crippen LogP contribution in [0.15, 0.2) is 14.7 Å². The Kier molecular flexibility index (Phi) is 6.22. The molecule has 0 bridgehead atoms. The molecule has 1 unspecified atom stereocenters. The number of aliphatic hydroxyl groups is 1. The van der Waals surface area contributed by atoms with E-state index in [1.807, 2.05) is 6.92 Å². The first-order valence-electron chi connectivity index (χ1n) is 5.39. The molecule has 0 aromatic carbocycles. The van der Waals surface area contributed by atoms with Crippen LogP contribution in [-0.2, 0) is 21.4 Å². The summed E-state index contributed by atoms with van der Waals surface area (Å²) in [6, 6.07) is 1.16. The molecule has 1 atom stereocenters. The maximum Gasteiger partial charge on any atom is 0.242 e. The minimum absolute atomic E-state index is 0.153. The third-order valence-corrected chi connectivity index (χ3v) is 5.91. The highest BCUT2D eigenvalue weighted by Gasteiger charge is 2.22. The summed E-state index contributed by atoms with van der Waals surface area (Å²) >= 11 is 4.40. The van der Waals surface area contributed by atoms with Crippen LogP contribution in [0.4, 0.5) is 0 Å². The molecule has 5 nitrogen and oxygen atoms in total. The first-order valence-corrected chi connectivity index (χ1v) is 8.49. The van der Waals surface area contributed by atoms with Gasteiger partial charge in [-0.05, 0) is 35.8 Å². The van der Waals surface area contributed by atoms with Crippen molar-refractivity contribution < 1.29 is 18.3 Å². The Labute approximate surface area is 119 Å². The Morgan fingerprint density at radius 1 is 1.61 bits per heavy atom. The third-order valence-electron chi connectivity index (χ3n) is 2.08. The number of sulfonamides is 1. The summed E-state index contributed by atoms with van der Waals surface area (Å²) in [6.45, 7) is 4.28. The van der Waals surface area contributed by atoms with E-state index >= 15 is 0 Å². The summed E-state index contributed by atoms with van der Waals surface area (Å²) in [4.78, 5) is 0.750. The second-order valence-corrected chi connectivity index (χ2v) is 7.83. The molecule has 1 aromatic heterocycles. The fourth-order valence-corrected chi connectivity index (χ4v) is 5.09. The van der Waals surface area contributed by atoms with Crippen molar-refractivity contribution in [1.82, 2.24) is 4.72 Å². The van der Waals surface area contributed by atoms with Crippen LogP contribution in [0.5, 0.6) is 0 Å². The van der Waals surface area contributed by atoms with Crippen LogP contribution in [0.1, 0.15) is 18.7 Å². The van der Waals surface area contributed by atoms with Gasteiger partial charge in [0.2, 0.25) is 10.0 Å². The summed E-state index contributed by atoms with van der Waals surface area (Å²) in [5.74, 6) is 0. The van der Waals surface area contributed by atoms with Gasteiger partial charge in [-0.25, -0.2) is 13.1 Å². The van der Waals surface area contributed by atoms with Crippen molar-refractivity contribution in [3.63, 3.8) is 0 Å². The molecule has 18 heavy (non-hydrogen) atoms. The molecule has 1 aromatic rings. The molecule has 0 spiro atoms. The van der Waals surface area contributed by atoms with E-state index in [1.165, 1.54) is 17.4 Å². The molecule has 0 saturated carbocycles. The van der Waals surface area contributed by atoms with Crippen LogP contribution in [0.25, 0.3) is 0 Å². The van der Waals surface area contributed by atoms with Gasteiger partial charge >= 0.3 is 0 Å². The van der Waals surface area contributed by atoms with Crippen molar-refractivity contribution in [2.24, 2.45) is 0 Å². The highest BCUT2D eigenvalue weighted by molar-refractivity contribution is 9.11. The molecule has 104 valence electrons. The Morgan fingerprint density at radius 2 is 2.28 bits per heavy atom. The van der Waals surface area contributed by atoms with Crippen LogP contribution in [0.3, 0.4) is 0 Å². The van der Waals surface area contributed by atoms with Gasteiger partial charge in [0, 0.05) is 17.5 Å². The van der Waals surface area contributed by atoms with Gasteiger partial charge in [-0.1, -0.05) is 0 Å². The fourth-order valence-electron chi connectivity index (χ4n) is 1.32. The number of hydrogen-bond donors (Lipinski definition) is 2. The Hall–Kier alpha value is 0.01000. The minimum Gasteiger partial charge on any atom is -0.391 e. The largest absolute Gasteiger partial charge is 0.391 e. The number of thiophene rings is 1. The molecule has 0 aliphatic carbocycles. The zero-order valence-electron chi connectivity index (χ0n) is 10.1. The number of ether oxygens (including phenoxy) is 1. The highest BCUT2D eigenvalue weighted by Crippen LogP contribution is 2.31. The Morgan fingerprint density at radius 3 is 2.78 bits per heavy atom. The van der Waals surface area contributed by atoms with Gasteiger partial charge in [-0.15, -0.1) is 11.3 Å². The molecule has 2 N–H and O–H groups in total. The average molecular weight is 358 g/mol. The van der Waals surface area contributed by atoms with E-state index in [1.54, 1.807) is 6.92 Å². The van der Waals surface area contributed by atoms with Crippen LogP contribution in [0.2, 0.25) is 0 Å². The van der Waals surface area contributed by atoms with E-state index in [2.05, 4.69) is 20.7 Å². The quantitative estimate of drug-likeness (QED) is 0.778. The number of aliphatic hydroxyl groups excluding tert-OH is 1. The highest BCUT2D eigenvalue weighted by atomic mass is 79.9.